The standard InChI is InChI=1S/C35H41N4O4/c1-7-23-13-11-14-24(8-2)32(23)37-34(40)29-21(5)36-22(6)30(31(29)27-17-19-28(20-18-27)39(42)43)35(41)38-33-25(9-3)15-12-16-26(33)10-4/h11-20,31,36,42H,7-10H2,1-6H3,(H,37,40)(H,38,41)/q-1. The Hall–Kier alpha value is -4.40. The molecule has 0 radical (unpaired) electrons. The largest absolute Gasteiger partial charge is 0.733 e. The number of rotatable bonds is 10. The molecule has 0 aliphatic carbocycles. The van der Waals surface area contributed by atoms with E-state index in [0.717, 1.165) is 59.3 Å². The summed E-state index contributed by atoms with van der Waals surface area (Å²) in [5.41, 5.74) is 8.44. The minimum Gasteiger partial charge on any atom is -0.733 e. The number of carbonyl (C=O) groups excluding carboxylic acids is 2. The topological polar surface area (TPSA) is 117 Å². The van der Waals surface area contributed by atoms with Crippen LogP contribution in [0.3, 0.4) is 0 Å². The normalized spacial score (nSPS) is 13.6. The summed E-state index contributed by atoms with van der Waals surface area (Å²) in [7, 11) is 0. The number of para-hydroxylation sites is 2. The van der Waals surface area contributed by atoms with Gasteiger partial charge in [-0.25, -0.2) is 0 Å². The Balaban J connectivity index is 1.84. The van der Waals surface area contributed by atoms with Crippen molar-refractivity contribution >= 4 is 28.9 Å². The van der Waals surface area contributed by atoms with Crippen molar-refractivity contribution < 1.29 is 14.8 Å². The molecule has 0 fully saturated rings. The van der Waals surface area contributed by atoms with Crippen LogP contribution in [-0.2, 0) is 35.3 Å². The maximum absolute atomic E-state index is 14.2. The number of benzene rings is 3. The van der Waals surface area contributed by atoms with Gasteiger partial charge in [0.15, 0.2) is 0 Å². The minimum atomic E-state index is -0.744. The summed E-state index contributed by atoms with van der Waals surface area (Å²) in [4.78, 5) is 28.5. The highest BCUT2D eigenvalue weighted by atomic mass is 16.8. The van der Waals surface area contributed by atoms with Crippen molar-refractivity contribution in [1.29, 1.82) is 0 Å². The number of amides is 2. The summed E-state index contributed by atoms with van der Waals surface area (Å²) in [6.07, 6.45) is 3.00. The summed E-state index contributed by atoms with van der Waals surface area (Å²) in [6.45, 7) is 11.9. The van der Waals surface area contributed by atoms with Crippen LogP contribution in [0.2, 0.25) is 0 Å². The number of anilines is 3. The predicted molar refractivity (Wildman–Crippen MR) is 173 cm³/mol. The molecule has 43 heavy (non-hydrogen) atoms. The molecule has 8 nitrogen and oxygen atoms in total. The van der Waals surface area contributed by atoms with Crippen LogP contribution in [-0.4, -0.2) is 17.0 Å². The molecule has 0 saturated heterocycles. The van der Waals surface area contributed by atoms with Gasteiger partial charge in [0.2, 0.25) is 0 Å². The Kier molecular flexibility index (Phi) is 10.1. The van der Waals surface area contributed by atoms with Gasteiger partial charge in [0.25, 0.3) is 11.8 Å². The first-order chi connectivity index (χ1) is 20.6. The number of dihydropyridines is 1. The fraction of sp³-hybridized carbons (Fsp3) is 0.314. The van der Waals surface area contributed by atoms with Crippen LogP contribution in [0, 0.1) is 5.21 Å². The Bertz CT molecular complexity index is 1440. The van der Waals surface area contributed by atoms with Crippen LogP contribution >= 0.6 is 0 Å². The maximum Gasteiger partial charge on any atom is 0.254 e. The van der Waals surface area contributed by atoms with E-state index in [4.69, 9.17) is 0 Å². The van der Waals surface area contributed by atoms with Gasteiger partial charge in [0.05, 0.1) is 5.69 Å². The van der Waals surface area contributed by atoms with Gasteiger partial charge in [-0.3, -0.25) is 14.8 Å². The Morgan fingerprint density at radius 2 is 1.09 bits per heavy atom. The lowest BCUT2D eigenvalue weighted by molar-refractivity contribution is -0.113. The number of allylic oxidation sites excluding steroid dienone is 2. The average Bonchev–Trinajstić information content (AvgIpc) is 3.00. The lowest BCUT2D eigenvalue weighted by atomic mass is 9.79. The van der Waals surface area contributed by atoms with Crippen LogP contribution in [0.5, 0.6) is 0 Å². The second-order valence-corrected chi connectivity index (χ2v) is 10.7. The molecule has 3 aromatic carbocycles. The van der Waals surface area contributed by atoms with E-state index >= 15 is 0 Å². The van der Waals surface area contributed by atoms with E-state index in [2.05, 4.69) is 43.6 Å². The monoisotopic (exact) mass is 581 g/mol. The first-order valence-corrected chi connectivity index (χ1v) is 14.9. The van der Waals surface area contributed by atoms with Crippen molar-refractivity contribution in [2.45, 2.75) is 73.1 Å². The molecule has 0 spiro atoms. The van der Waals surface area contributed by atoms with Crippen molar-refractivity contribution in [3.63, 3.8) is 0 Å². The summed E-state index contributed by atoms with van der Waals surface area (Å²) in [5, 5.41) is 30.4. The van der Waals surface area contributed by atoms with Crippen LogP contribution in [0.4, 0.5) is 17.1 Å². The summed E-state index contributed by atoms with van der Waals surface area (Å²) < 4.78 is 0. The van der Waals surface area contributed by atoms with Gasteiger partial charge in [-0.05, 0) is 79.5 Å². The molecule has 2 amide bonds. The van der Waals surface area contributed by atoms with Crippen molar-refractivity contribution in [2.75, 3.05) is 15.9 Å². The fourth-order valence-corrected chi connectivity index (χ4v) is 5.89. The Labute approximate surface area is 254 Å². The molecule has 1 aliphatic heterocycles. The average molecular weight is 582 g/mol. The van der Waals surface area contributed by atoms with E-state index in [9.17, 15) is 20.0 Å². The van der Waals surface area contributed by atoms with Gasteiger partial charge in [-0.2, -0.15) is 0 Å². The molecule has 0 atom stereocenters. The molecule has 8 heteroatoms. The fourth-order valence-electron chi connectivity index (χ4n) is 5.89. The maximum atomic E-state index is 14.2. The lowest BCUT2D eigenvalue weighted by Gasteiger charge is -2.32. The van der Waals surface area contributed by atoms with E-state index < -0.39 is 5.92 Å². The predicted octanol–water partition coefficient (Wildman–Crippen LogP) is 7.14. The molecule has 3 aromatic rings. The number of hydrogen-bond donors (Lipinski definition) is 4. The smallest absolute Gasteiger partial charge is 0.254 e. The molecule has 226 valence electrons. The van der Waals surface area contributed by atoms with Gasteiger partial charge in [0.1, 0.15) is 0 Å². The quantitative estimate of drug-likeness (QED) is 0.189. The first kappa shape index (κ1) is 31.5. The number of nitrogens with one attached hydrogen (secondary N) is 3. The zero-order valence-corrected chi connectivity index (χ0v) is 25.8. The second kappa shape index (κ2) is 13.7. The van der Waals surface area contributed by atoms with Crippen molar-refractivity contribution in [1.82, 2.24) is 5.32 Å². The highest BCUT2D eigenvalue weighted by molar-refractivity contribution is 6.12. The summed E-state index contributed by atoms with van der Waals surface area (Å²) in [5.74, 6) is -1.38. The van der Waals surface area contributed by atoms with Gasteiger partial charge in [-0.1, -0.05) is 76.2 Å². The van der Waals surface area contributed by atoms with Crippen molar-refractivity contribution in [2.24, 2.45) is 0 Å². The van der Waals surface area contributed by atoms with Crippen molar-refractivity contribution in [3.05, 3.63) is 116 Å². The molecule has 0 unspecified atom stereocenters. The van der Waals surface area contributed by atoms with Crippen LogP contribution < -0.4 is 21.2 Å². The molecular weight excluding hydrogens is 540 g/mol. The van der Waals surface area contributed by atoms with Crippen molar-refractivity contribution in [3.8, 4) is 0 Å². The molecule has 1 aliphatic rings. The lowest BCUT2D eigenvalue weighted by Crippen LogP contribution is -2.35. The molecule has 0 saturated carbocycles. The Morgan fingerprint density at radius 3 is 1.42 bits per heavy atom. The van der Waals surface area contributed by atoms with E-state index in [1.165, 1.54) is 12.1 Å². The number of nitrogens with zero attached hydrogens (tertiary/aromatic N) is 1. The SMILES string of the molecule is CCc1cccc(CC)c1NC(=O)C1=C(C)NC(C)=C(C(=O)Nc2c(CC)cccc2CC)C1c1ccc(N([O-])O)cc1. The van der Waals surface area contributed by atoms with Gasteiger partial charge in [0, 0.05) is 39.8 Å². The Morgan fingerprint density at radius 1 is 0.721 bits per heavy atom. The van der Waals surface area contributed by atoms with E-state index in [-0.39, 0.29) is 22.7 Å². The third kappa shape index (κ3) is 6.50. The summed E-state index contributed by atoms with van der Waals surface area (Å²) in [6, 6.07) is 18.3. The first-order valence-electron chi connectivity index (χ1n) is 14.9. The molecular formula is C35H41N4O4-. The van der Waals surface area contributed by atoms with Gasteiger partial charge >= 0.3 is 0 Å². The number of hydrogen-bond acceptors (Lipinski definition) is 6. The second-order valence-electron chi connectivity index (χ2n) is 10.7. The molecule has 1 heterocycles. The number of carbonyl (C=O) groups is 2. The third-order valence-corrected chi connectivity index (χ3v) is 8.17. The zero-order valence-electron chi connectivity index (χ0n) is 25.8. The van der Waals surface area contributed by atoms with E-state index in [0.29, 0.717) is 28.1 Å². The third-order valence-electron chi connectivity index (χ3n) is 8.17. The molecule has 4 N–H and O–H groups in total. The highest BCUT2D eigenvalue weighted by Crippen LogP contribution is 2.40. The number of aryl methyl sites for hydroxylation is 4. The van der Waals surface area contributed by atoms with Crippen LogP contribution in [0.15, 0.2) is 83.2 Å². The van der Waals surface area contributed by atoms with Crippen LogP contribution in [0.1, 0.15) is 75.3 Å². The van der Waals surface area contributed by atoms with E-state index in [1.807, 2.05) is 50.2 Å². The molecule has 4 rings (SSSR count). The minimum absolute atomic E-state index is 0.0463. The zero-order chi connectivity index (χ0) is 31.3. The van der Waals surface area contributed by atoms with E-state index in [1.54, 1.807) is 12.1 Å². The highest BCUT2D eigenvalue weighted by Gasteiger charge is 2.37. The molecule has 0 bridgehead atoms. The molecule has 0 aromatic heterocycles. The van der Waals surface area contributed by atoms with Crippen LogP contribution in [0.25, 0.3) is 0 Å². The van der Waals surface area contributed by atoms with Gasteiger partial charge in [-0.15, -0.1) is 0 Å². The summed E-state index contributed by atoms with van der Waals surface area (Å²) >= 11 is 0. The van der Waals surface area contributed by atoms with Gasteiger partial charge < -0.3 is 26.4 Å².